The minimum absolute atomic E-state index is 0.202. The van der Waals surface area contributed by atoms with E-state index in [1.165, 1.54) is 9.80 Å². The Bertz CT molecular complexity index is 571. The van der Waals surface area contributed by atoms with E-state index in [9.17, 15) is 18.0 Å². The highest BCUT2D eigenvalue weighted by Crippen LogP contribution is 2.24. The summed E-state index contributed by atoms with van der Waals surface area (Å²) in [5, 5.41) is 3.14. The Morgan fingerprint density at radius 2 is 2.00 bits per heavy atom. The second-order valence-electron chi connectivity index (χ2n) is 5.29. The zero-order chi connectivity index (χ0) is 17.0. The third kappa shape index (κ3) is 6.00. The summed E-state index contributed by atoms with van der Waals surface area (Å²) >= 11 is 8.18. The number of benzene rings is 1. The summed E-state index contributed by atoms with van der Waals surface area (Å²) in [6, 6.07) is 4.90. The first kappa shape index (κ1) is 18.6. The van der Waals surface area contributed by atoms with Gasteiger partial charge < -0.3 is 10.2 Å². The van der Waals surface area contributed by atoms with E-state index >= 15 is 0 Å². The first-order chi connectivity index (χ1) is 10.7. The van der Waals surface area contributed by atoms with Gasteiger partial charge in [-0.3, -0.25) is 4.90 Å². The number of urea groups is 1. The van der Waals surface area contributed by atoms with Crippen LogP contribution in [0, 0.1) is 3.57 Å². The maximum Gasteiger partial charge on any atom is 0.401 e. The van der Waals surface area contributed by atoms with E-state index in [0.29, 0.717) is 30.2 Å². The van der Waals surface area contributed by atoms with Gasteiger partial charge in [-0.15, -0.1) is 0 Å². The van der Waals surface area contributed by atoms with E-state index in [1.54, 1.807) is 12.1 Å². The molecule has 1 N–H and O–H groups in total. The molecule has 4 nitrogen and oxygen atoms in total. The van der Waals surface area contributed by atoms with Gasteiger partial charge in [-0.25, -0.2) is 4.79 Å². The maximum atomic E-state index is 12.4. The Kier molecular flexibility index (Phi) is 6.38. The van der Waals surface area contributed by atoms with Crippen LogP contribution in [0.4, 0.5) is 23.7 Å². The fourth-order valence-electron chi connectivity index (χ4n) is 2.37. The van der Waals surface area contributed by atoms with E-state index in [0.717, 1.165) is 3.57 Å². The van der Waals surface area contributed by atoms with Gasteiger partial charge in [-0.1, -0.05) is 11.6 Å². The number of rotatable bonds is 2. The molecule has 0 saturated carbocycles. The van der Waals surface area contributed by atoms with Gasteiger partial charge in [0.05, 0.1) is 17.3 Å². The van der Waals surface area contributed by atoms with E-state index in [-0.39, 0.29) is 19.1 Å². The molecule has 1 aromatic carbocycles. The molecule has 1 aliphatic heterocycles. The zero-order valence-electron chi connectivity index (χ0n) is 12.2. The van der Waals surface area contributed by atoms with Crippen molar-refractivity contribution in [2.75, 3.05) is 38.0 Å². The van der Waals surface area contributed by atoms with Gasteiger partial charge in [-0.2, -0.15) is 13.2 Å². The highest BCUT2D eigenvalue weighted by molar-refractivity contribution is 14.1. The average Bonchev–Trinajstić information content (AvgIpc) is 2.65. The molecule has 1 fully saturated rings. The van der Waals surface area contributed by atoms with Gasteiger partial charge >= 0.3 is 12.2 Å². The zero-order valence-corrected chi connectivity index (χ0v) is 15.1. The van der Waals surface area contributed by atoms with Crippen molar-refractivity contribution in [2.24, 2.45) is 0 Å². The fraction of sp³-hybridized carbons (Fsp3) is 0.500. The predicted molar refractivity (Wildman–Crippen MR) is 91.9 cm³/mol. The highest BCUT2D eigenvalue weighted by atomic mass is 127. The second-order valence-corrected chi connectivity index (χ2v) is 6.94. The van der Waals surface area contributed by atoms with Gasteiger partial charge in [0.15, 0.2) is 0 Å². The molecule has 0 spiro atoms. The van der Waals surface area contributed by atoms with Crippen molar-refractivity contribution in [3.63, 3.8) is 0 Å². The van der Waals surface area contributed by atoms with Crippen molar-refractivity contribution in [3.8, 4) is 0 Å². The van der Waals surface area contributed by atoms with E-state index in [1.807, 2.05) is 6.07 Å². The quantitative estimate of drug-likeness (QED) is 0.675. The third-order valence-corrected chi connectivity index (χ3v) is 4.44. The third-order valence-electron chi connectivity index (χ3n) is 3.45. The Labute approximate surface area is 151 Å². The number of anilines is 1. The molecular weight excluding hydrogens is 446 g/mol. The second kappa shape index (κ2) is 7.89. The summed E-state index contributed by atoms with van der Waals surface area (Å²) in [4.78, 5) is 15.1. The molecule has 128 valence electrons. The largest absolute Gasteiger partial charge is 0.401 e. The summed E-state index contributed by atoms with van der Waals surface area (Å²) < 4.78 is 38.3. The van der Waals surface area contributed by atoms with Crippen LogP contribution in [0.5, 0.6) is 0 Å². The molecule has 0 radical (unpaired) electrons. The molecule has 2 amide bonds. The lowest BCUT2D eigenvalue weighted by atomic mass is 10.3. The Morgan fingerprint density at radius 1 is 1.26 bits per heavy atom. The molecule has 23 heavy (non-hydrogen) atoms. The van der Waals surface area contributed by atoms with Crippen LogP contribution in [-0.2, 0) is 0 Å². The Hall–Kier alpha value is -0.740. The van der Waals surface area contributed by atoms with Gasteiger partial charge in [0, 0.05) is 29.7 Å². The molecule has 1 aliphatic rings. The molecule has 0 unspecified atom stereocenters. The van der Waals surface area contributed by atoms with Gasteiger partial charge in [0.25, 0.3) is 0 Å². The van der Waals surface area contributed by atoms with Crippen molar-refractivity contribution >= 4 is 45.9 Å². The van der Waals surface area contributed by atoms with Gasteiger partial charge in [0.1, 0.15) is 0 Å². The molecule has 0 bridgehead atoms. The molecule has 0 aromatic heterocycles. The van der Waals surface area contributed by atoms with Crippen molar-refractivity contribution in [3.05, 3.63) is 26.8 Å². The smallest absolute Gasteiger partial charge is 0.323 e. The molecule has 2 rings (SSSR count). The van der Waals surface area contributed by atoms with Gasteiger partial charge in [0.2, 0.25) is 0 Å². The molecule has 0 atom stereocenters. The predicted octanol–water partition coefficient (Wildman–Crippen LogP) is 4.05. The summed E-state index contributed by atoms with van der Waals surface area (Å²) in [7, 11) is 0. The number of amides is 2. The van der Waals surface area contributed by atoms with Crippen LogP contribution < -0.4 is 5.32 Å². The lowest BCUT2D eigenvalue weighted by Crippen LogP contribution is -2.40. The first-order valence-corrected chi connectivity index (χ1v) is 8.50. The molecular formula is C14H16ClF3IN3O. The first-order valence-electron chi connectivity index (χ1n) is 7.05. The normalized spacial score (nSPS) is 17.0. The average molecular weight is 462 g/mol. The summed E-state index contributed by atoms with van der Waals surface area (Å²) in [5.74, 6) is 0. The summed E-state index contributed by atoms with van der Waals surface area (Å²) in [5.41, 5.74) is 0.494. The number of alkyl halides is 3. The van der Waals surface area contributed by atoms with Crippen LogP contribution >= 0.6 is 34.2 Å². The van der Waals surface area contributed by atoms with Crippen molar-refractivity contribution in [1.82, 2.24) is 9.80 Å². The van der Waals surface area contributed by atoms with Gasteiger partial charge in [-0.05, 0) is 47.2 Å². The Balaban J connectivity index is 1.93. The maximum absolute atomic E-state index is 12.4. The van der Waals surface area contributed by atoms with Crippen molar-refractivity contribution < 1.29 is 18.0 Å². The number of carbonyl (C=O) groups excluding carboxylic acids is 1. The van der Waals surface area contributed by atoms with Crippen LogP contribution in [0.15, 0.2) is 18.2 Å². The van der Waals surface area contributed by atoms with Crippen LogP contribution in [0.2, 0.25) is 5.02 Å². The number of nitrogens with zero attached hydrogens (tertiary/aromatic N) is 2. The highest BCUT2D eigenvalue weighted by Gasteiger charge is 2.31. The summed E-state index contributed by atoms with van der Waals surface area (Å²) in [6.45, 7) is 0.262. The number of nitrogens with one attached hydrogen (secondary N) is 1. The van der Waals surface area contributed by atoms with Crippen LogP contribution in [-0.4, -0.2) is 54.7 Å². The van der Waals surface area contributed by atoms with Crippen molar-refractivity contribution in [1.29, 1.82) is 0 Å². The molecule has 1 aromatic rings. The number of carbonyl (C=O) groups is 1. The number of hydrogen-bond acceptors (Lipinski definition) is 2. The minimum Gasteiger partial charge on any atom is -0.323 e. The minimum atomic E-state index is -4.22. The molecule has 9 heteroatoms. The molecule has 0 aliphatic carbocycles. The molecule has 1 saturated heterocycles. The summed E-state index contributed by atoms with van der Waals surface area (Å²) in [6.07, 6.45) is -3.71. The number of halogens is 5. The van der Waals surface area contributed by atoms with Crippen LogP contribution in [0.1, 0.15) is 6.42 Å². The van der Waals surface area contributed by atoms with E-state index in [2.05, 4.69) is 27.9 Å². The molecule has 1 heterocycles. The lowest BCUT2D eigenvalue weighted by Gasteiger charge is -2.23. The van der Waals surface area contributed by atoms with Crippen LogP contribution in [0.3, 0.4) is 0 Å². The van der Waals surface area contributed by atoms with E-state index in [4.69, 9.17) is 11.6 Å². The standard InChI is InChI=1S/C14H16ClF3IN3O/c15-11-8-10(19)2-3-12(11)20-13(23)22-5-1-4-21(6-7-22)9-14(16,17)18/h2-3,8H,1,4-7,9H2,(H,20,23). The van der Waals surface area contributed by atoms with Crippen molar-refractivity contribution in [2.45, 2.75) is 12.6 Å². The number of hydrogen-bond donors (Lipinski definition) is 1. The van der Waals surface area contributed by atoms with Crippen LogP contribution in [0.25, 0.3) is 0 Å². The Morgan fingerprint density at radius 3 is 2.65 bits per heavy atom. The topological polar surface area (TPSA) is 35.6 Å². The monoisotopic (exact) mass is 461 g/mol. The fourth-order valence-corrected chi connectivity index (χ4v) is 3.27. The SMILES string of the molecule is O=C(Nc1ccc(I)cc1Cl)N1CCCN(CC(F)(F)F)CC1. The lowest BCUT2D eigenvalue weighted by molar-refractivity contribution is -0.145. The van der Waals surface area contributed by atoms with E-state index < -0.39 is 12.7 Å².